The largest absolute Gasteiger partial charge is 0.383 e. The van der Waals surface area contributed by atoms with E-state index in [1.54, 1.807) is 6.20 Å². The van der Waals surface area contributed by atoms with Crippen molar-refractivity contribution in [1.29, 1.82) is 0 Å². The SMILES string of the molecule is Nc1nc(N)c(C2CCC2)c(-n2cc3cccnc3c2)n1. The zero-order valence-electron chi connectivity index (χ0n) is 11.5. The Hall–Kier alpha value is -2.63. The molecule has 21 heavy (non-hydrogen) atoms. The van der Waals surface area contributed by atoms with Gasteiger partial charge in [-0.25, -0.2) is 0 Å². The number of nitrogens with zero attached hydrogens (tertiary/aromatic N) is 4. The quantitative estimate of drug-likeness (QED) is 0.750. The van der Waals surface area contributed by atoms with E-state index in [0.29, 0.717) is 11.7 Å². The summed E-state index contributed by atoms with van der Waals surface area (Å²) in [6.45, 7) is 0. The lowest BCUT2D eigenvalue weighted by molar-refractivity contribution is 0.418. The van der Waals surface area contributed by atoms with Crippen LogP contribution in [-0.2, 0) is 0 Å². The van der Waals surface area contributed by atoms with Crippen LogP contribution in [0.4, 0.5) is 11.8 Å². The third-order valence-electron chi connectivity index (χ3n) is 4.14. The van der Waals surface area contributed by atoms with Crippen LogP contribution in [0, 0.1) is 0 Å². The second kappa shape index (κ2) is 4.44. The molecule has 0 aliphatic heterocycles. The number of aromatic nitrogens is 4. The Balaban J connectivity index is 1.93. The third-order valence-corrected chi connectivity index (χ3v) is 4.14. The predicted octanol–water partition coefficient (Wildman–Crippen LogP) is 2.25. The van der Waals surface area contributed by atoms with Crippen molar-refractivity contribution in [3.05, 3.63) is 36.3 Å². The maximum absolute atomic E-state index is 6.10. The highest BCUT2D eigenvalue weighted by Crippen LogP contribution is 2.41. The summed E-state index contributed by atoms with van der Waals surface area (Å²) in [5.41, 5.74) is 13.8. The van der Waals surface area contributed by atoms with Gasteiger partial charge in [0.1, 0.15) is 11.6 Å². The molecular weight excluding hydrogens is 264 g/mol. The van der Waals surface area contributed by atoms with Crippen molar-refractivity contribution in [2.45, 2.75) is 25.2 Å². The fourth-order valence-corrected chi connectivity index (χ4v) is 2.87. The van der Waals surface area contributed by atoms with Crippen molar-refractivity contribution in [3.8, 4) is 5.82 Å². The highest BCUT2D eigenvalue weighted by Gasteiger charge is 2.27. The molecule has 106 valence electrons. The van der Waals surface area contributed by atoms with E-state index < -0.39 is 0 Å². The third kappa shape index (κ3) is 1.91. The molecule has 0 spiro atoms. The van der Waals surface area contributed by atoms with Gasteiger partial charge in [-0.15, -0.1) is 0 Å². The van der Waals surface area contributed by atoms with Gasteiger partial charge in [0.2, 0.25) is 5.95 Å². The molecule has 4 N–H and O–H groups in total. The van der Waals surface area contributed by atoms with Crippen LogP contribution in [0.1, 0.15) is 30.7 Å². The van der Waals surface area contributed by atoms with Gasteiger partial charge in [-0.1, -0.05) is 6.42 Å². The molecule has 0 unspecified atom stereocenters. The van der Waals surface area contributed by atoms with Crippen molar-refractivity contribution in [1.82, 2.24) is 19.5 Å². The first-order chi connectivity index (χ1) is 10.2. The predicted molar refractivity (Wildman–Crippen MR) is 82.1 cm³/mol. The van der Waals surface area contributed by atoms with Crippen molar-refractivity contribution >= 4 is 22.7 Å². The number of rotatable bonds is 2. The van der Waals surface area contributed by atoms with Crippen LogP contribution in [0.25, 0.3) is 16.7 Å². The summed E-state index contributed by atoms with van der Waals surface area (Å²) in [6, 6.07) is 3.94. The first-order valence-electron chi connectivity index (χ1n) is 7.08. The Morgan fingerprint density at radius 1 is 1.14 bits per heavy atom. The van der Waals surface area contributed by atoms with E-state index in [2.05, 4.69) is 15.0 Å². The van der Waals surface area contributed by atoms with Crippen molar-refractivity contribution in [2.75, 3.05) is 11.5 Å². The summed E-state index contributed by atoms with van der Waals surface area (Å²) in [6.07, 6.45) is 9.23. The molecule has 0 saturated heterocycles. The van der Waals surface area contributed by atoms with Gasteiger partial charge in [0, 0.05) is 29.5 Å². The number of anilines is 2. The van der Waals surface area contributed by atoms with Gasteiger partial charge >= 0.3 is 0 Å². The normalized spacial score (nSPS) is 15.2. The van der Waals surface area contributed by atoms with E-state index in [4.69, 9.17) is 11.5 Å². The van der Waals surface area contributed by atoms with Gasteiger partial charge in [-0.2, -0.15) is 9.97 Å². The first-order valence-corrected chi connectivity index (χ1v) is 7.08. The molecule has 6 heteroatoms. The van der Waals surface area contributed by atoms with Gasteiger partial charge < -0.3 is 16.0 Å². The van der Waals surface area contributed by atoms with E-state index in [-0.39, 0.29) is 5.95 Å². The smallest absolute Gasteiger partial charge is 0.223 e. The molecule has 1 saturated carbocycles. The average Bonchev–Trinajstić information content (AvgIpc) is 2.83. The Morgan fingerprint density at radius 2 is 2.00 bits per heavy atom. The summed E-state index contributed by atoms with van der Waals surface area (Å²) in [7, 11) is 0. The second-order valence-corrected chi connectivity index (χ2v) is 5.48. The van der Waals surface area contributed by atoms with Gasteiger partial charge in [-0.05, 0) is 30.9 Å². The minimum absolute atomic E-state index is 0.205. The topological polar surface area (TPSA) is 95.6 Å². The molecule has 0 amide bonds. The van der Waals surface area contributed by atoms with Crippen molar-refractivity contribution in [2.24, 2.45) is 0 Å². The Morgan fingerprint density at radius 3 is 2.71 bits per heavy atom. The number of nitrogens with two attached hydrogens (primary N) is 2. The molecule has 3 aromatic rings. The molecule has 3 heterocycles. The standard InChI is InChI=1S/C15H16N6/c16-13-12(9-3-1-4-9)14(20-15(17)19-13)21-7-10-5-2-6-18-11(10)8-21/h2,5-9H,1,3-4H2,(H4,16,17,19,20). The van der Waals surface area contributed by atoms with E-state index in [0.717, 1.165) is 35.1 Å². The van der Waals surface area contributed by atoms with Crippen LogP contribution >= 0.6 is 0 Å². The number of hydrogen-bond donors (Lipinski definition) is 2. The van der Waals surface area contributed by atoms with Crippen LogP contribution < -0.4 is 11.5 Å². The molecule has 1 fully saturated rings. The molecule has 0 bridgehead atoms. The summed E-state index contributed by atoms with van der Waals surface area (Å²) < 4.78 is 1.96. The monoisotopic (exact) mass is 280 g/mol. The lowest BCUT2D eigenvalue weighted by Gasteiger charge is -2.28. The molecule has 3 aromatic heterocycles. The zero-order chi connectivity index (χ0) is 14.4. The summed E-state index contributed by atoms with van der Waals surface area (Å²) >= 11 is 0. The van der Waals surface area contributed by atoms with Crippen LogP contribution in [0.3, 0.4) is 0 Å². The fourth-order valence-electron chi connectivity index (χ4n) is 2.87. The molecule has 0 atom stereocenters. The number of nitrogen functional groups attached to an aromatic ring is 2. The summed E-state index contributed by atoms with van der Waals surface area (Å²) in [5, 5.41) is 1.06. The van der Waals surface area contributed by atoms with Gasteiger partial charge in [0.15, 0.2) is 0 Å². The molecular formula is C15H16N6. The fraction of sp³-hybridized carbons (Fsp3) is 0.267. The maximum Gasteiger partial charge on any atom is 0.223 e. The van der Waals surface area contributed by atoms with E-state index >= 15 is 0 Å². The number of pyridine rings is 1. The van der Waals surface area contributed by atoms with Crippen LogP contribution in [0.2, 0.25) is 0 Å². The minimum Gasteiger partial charge on any atom is -0.383 e. The van der Waals surface area contributed by atoms with E-state index in [9.17, 15) is 0 Å². The highest BCUT2D eigenvalue weighted by atomic mass is 15.1. The van der Waals surface area contributed by atoms with E-state index in [1.165, 1.54) is 6.42 Å². The molecule has 6 nitrogen and oxygen atoms in total. The lowest BCUT2D eigenvalue weighted by atomic mass is 9.80. The van der Waals surface area contributed by atoms with Crippen molar-refractivity contribution < 1.29 is 0 Å². The summed E-state index contributed by atoms with van der Waals surface area (Å²) in [5.74, 6) is 1.91. The van der Waals surface area contributed by atoms with Crippen LogP contribution in [0.5, 0.6) is 0 Å². The zero-order valence-corrected chi connectivity index (χ0v) is 11.5. The second-order valence-electron chi connectivity index (χ2n) is 5.48. The van der Waals surface area contributed by atoms with Crippen LogP contribution in [-0.4, -0.2) is 19.5 Å². The molecule has 1 aliphatic rings. The number of fused-ring (bicyclic) bond motifs is 1. The van der Waals surface area contributed by atoms with E-state index in [1.807, 2.05) is 29.1 Å². The Kier molecular flexibility index (Phi) is 2.57. The lowest BCUT2D eigenvalue weighted by Crippen LogP contribution is -2.17. The van der Waals surface area contributed by atoms with Gasteiger partial charge in [-0.3, -0.25) is 4.98 Å². The van der Waals surface area contributed by atoms with Gasteiger partial charge in [0.05, 0.1) is 5.52 Å². The highest BCUT2D eigenvalue weighted by molar-refractivity contribution is 5.79. The summed E-state index contributed by atoms with van der Waals surface area (Å²) in [4.78, 5) is 12.9. The number of hydrogen-bond acceptors (Lipinski definition) is 5. The minimum atomic E-state index is 0.205. The molecule has 0 aromatic carbocycles. The first kappa shape index (κ1) is 12.1. The molecule has 4 rings (SSSR count). The molecule has 0 radical (unpaired) electrons. The van der Waals surface area contributed by atoms with Gasteiger partial charge in [0.25, 0.3) is 0 Å². The van der Waals surface area contributed by atoms with Crippen molar-refractivity contribution in [3.63, 3.8) is 0 Å². The van der Waals surface area contributed by atoms with Crippen LogP contribution in [0.15, 0.2) is 30.7 Å². The molecule has 1 aliphatic carbocycles. The Labute approximate surface area is 121 Å². The average molecular weight is 280 g/mol. The Bertz CT molecular complexity index is 785. The maximum atomic E-state index is 6.10.